The summed E-state index contributed by atoms with van der Waals surface area (Å²) in [5.41, 5.74) is 2.46. The van der Waals surface area contributed by atoms with Gasteiger partial charge in [-0.2, -0.15) is 0 Å². The highest BCUT2D eigenvalue weighted by Gasteiger charge is 2.26. The van der Waals surface area contributed by atoms with Gasteiger partial charge in [0.25, 0.3) is 0 Å². The fourth-order valence-corrected chi connectivity index (χ4v) is 3.57. The number of rotatable bonds is 3. The van der Waals surface area contributed by atoms with Crippen LogP contribution in [0.5, 0.6) is 5.75 Å². The number of hydrogen-bond donors (Lipinski definition) is 0. The lowest BCUT2D eigenvalue weighted by Crippen LogP contribution is -2.33. The number of esters is 2. The molecule has 0 saturated carbocycles. The van der Waals surface area contributed by atoms with Gasteiger partial charge in [-0.3, -0.25) is 0 Å². The van der Waals surface area contributed by atoms with Gasteiger partial charge in [-0.1, -0.05) is 0 Å². The lowest BCUT2D eigenvalue weighted by molar-refractivity contribution is 0.0587. The topological polar surface area (TPSA) is 95.3 Å². The highest BCUT2D eigenvalue weighted by molar-refractivity contribution is 5.99. The second-order valence-corrected chi connectivity index (χ2v) is 6.85. The first-order valence-corrected chi connectivity index (χ1v) is 9.17. The quantitative estimate of drug-likeness (QED) is 0.481. The lowest BCUT2D eigenvalue weighted by Gasteiger charge is -2.32. The van der Waals surface area contributed by atoms with E-state index in [1.165, 1.54) is 32.4 Å². The summed E-state index contributed by atoms with van der Waals surface area (Å²) in [5.74, 6) is -0.484. The summed E-state index contributed by atoms with van der Waals surface area (Å²) in [6.45, 7) is 2.26. The summed E-state index contributed by atoms with van der Waals surface area (Å²) < 4.78 is 21.0. The third-order valence-corrected chi connectivity index (χ3v) is 5.07. The molecule has 2 aromatic carbocycles. The molecule has 8 heteroatoms. The molecular weight excluding hydrogens is 390 g/mol. The van der Waals surface area contributed by atoms with E-state index in [1.54, 1.807) is 11.0 Å². The van der Waals surface area contributed by atoms with Crippen LogP contribution in [0.3, 0.4) is 0 Å². The molecular formula is C22H19NO7. The Morgan fingerprint density at radius 1 is 1.03 bits per heavy atom. The lowest BCUT2D eigenvalue weighted by atomic mass is 10.0. The molecule has 0 bridgehead atoms. The fourth-order valence-electron chi connectivity index (χ4n) is 3.57. The van der Waals surface area contributed by atoms with Crippen molar-refractivity contribution in [2.24, 2.45) is 0 Å². The van der Waals surface area contributed by atoms with E-state index >= 15 is 0 Å². The van der Waals surface area contributed by atoms with Crippen LogP contribution in [0.4, 0.5) is 5.69 Å². The van der Waals surface area contributed by atoms with E-state index in [-0.39, 0.29) is 17.9 Å². The molecule has 0 atom stereocenters. The molecule has 0 spiro atoms. The summed E-state index contributed by atoms with van der Waals surface area (Å²) in [6, 6.07) is 9.67. The van der Waals surface area contributed by atoms with Crippen molar-refractivity contribution in [3.05, 3.63) is 69.1 Å². The van der Waals surface area contributed by atoms with Crippen LogP contribution >= 0.6 is 0 Å². The van der Waals surface area contributed by atoms with Crippen LogP contribution in [-0.4, -0.2) is 32.9 Å². The van der Waals surface area contributed by atoms with Gasteiger partial charge in [-0.15, -0.1) is 0 Å². The predicted molar refractivity (Wildman–Crippen MR) is 108 cm³/mol. The molecule has 4 rings (SSSR count). The Hall–Kier alpha value is -3.81. The van der Waals surface area contributed by atoms with Crippen molar-refractivity contribution in [3.63, 3.8) is 0 Å². The van der Waals surface area contributed by atoms with Gasteiger partial charge < -0.3 is 23.5 Å². The van der Waals surface area contributed by atoms with Crippen molar-refractivity contribution >= 4 is 28.6 Å². The van der Waals surface area contributed by atoms with Gasteiger partial charge in [0.15, 0.2) is 6.73 Å². The van der Waals surface area contributed by atoms with Gasteiger partial charge >= 0.3 is 17.6 Å². The standard InChI is InChI=1S/C22H19NO7/c1-12-8-19(24)30-20-14(12)6-7-18-16(20)10-23(11-29-18)17-9-13(21(25)27-2)4-5-15(17)22(26)28-3/h4-9H,10-11H2,1-3H3. The molecule has 0 fully saturated rings. The zero-order valence-corrected chi connectivity index (χ0v) is 16.7. The molecule has 1 aliphatic rings. The average Bonchev–Trinajstić information content (AvgIpc) is 2.77. The molecule has 30 heavy (non-hydrogen) atoms. The van der Waals surface area contributed by atoms with Crippen LogP contribution in [0.25, 0.3) is 11.0 Å². The second-order valence-electron chi connectivity index (χ2n) is 6.85. The number of hydrogen-bond acceptors (Lipinski definition) is 8. The molecule has 0 N–H and O–H groups in total. The van der Waals surface area contributed by atoms with Crippen LogP contribution in [0.15, 0.2) is 45.6 Å². The number of methoxy groups -OCH3 is 2. The minimum atomic E-state index is -0.549. The smallest absolute Gasteiger partial charge is 0.339 e. The molecule has 0 saturated heterocycles. The molecule has 8 nitrogen and oxygen atoms in total. The Labute approximate surface area is 171 Å². The SMILES string of the molecule is COC(=O)c1ccc(C(=O)OC)c(N2COc3ccc4c(C)cc(=O)oc4c3C2)c1. The van der Waals surface area contributed by atoms with Gasteiger partial charge in [0.05, 0.1) is 43.1 Å². The van der Waals surface area contributed by atoms with Crippen molar-refractivity contribution in [2.45, 2.75) is 13.5 Å². The number of carbonyl (C=O) groups excluding carboxylic acids is 2. The molecule has 3 aromatic rings. The largest absolute Gasteiger partial charge is 0.473 e. The number of carbonyl (C=O) groups is 2. The maximum absolute atomic E-state index is 12.3. The number of fused-ring (bicyclic) bond motifs is 3. The van der Waals surface area contributed by atoms with E-state index in [1.807, 2.05) is 19.1 Å². The van der Waals surface area contributed by atoms with E-state index in [0.717, 1.165) is 10.9 Å². The Morgan fingerprint density at radius 2 is 1.80 bits per heavy atom. The molecule has 154 valence electrons. The number of anilines is 1. The van der Waals surface area contributed by atoms with Gasteiger partial charge in [0.2, 0.25) is 0 Å². The predicted octanol–water partition coefficient (Wildman–Crippen LogP) is 3.03. The zero-order chi connectivity index (χ0) is 21.4. The van der Waals surface area contributed by atoms with E-state index in [9.17, 15) is 14.4 Å². The summed E-state index contributed by atoms with van der Waals surface area (Å²) in [6.07, 6.45) is 0. The van der Waals surface area contributed by atoms with Crippen molar-refractivity contribution < 1.29 is 28.2 Å². The molecule has 2 heterocycles. The molecule has 1 aromatic heterocycles. The number of nitrogens with zero attached hydrogens (tertiary/aromatic N) is 1. The van der Waals surface area contributed by atoms with Crippen LogP contribution < -0.4 is 15.3 Å². The van der Waals surface area contributed by atoms with E-state index in [0.29, 0.717) is 29.1 Å². The molecule has 1 aliphatic heterocycles. The molecule has 0 unspecified atom stereocenters. The zero-order valence-electron chi connectivity index (χ0n) is 16.7. The average molecular weight is 409 g/mol. The minimum Gasteiger partial charge on any atom is -0.473 e. The summed E-state index contributed by atoms with van der Waals surface area (Å²) >= 11 is 0. The van der Waals surface area contributed by atoms with E-state index in [2.05, 4.69) is 0 Å². The van der Waals surface area contributed by atoms with Gasteiger partial charge in [-0.25, -0.2) is 14.4 Å². The minimum absolute atomic E-state index is 0.128. The van der Waals surface area contributed by atoms with Crippen LogP contribution in [0, 0.1) is 6.92 Å². The van der Waals surface area contributed by atoms with Crippen molar-refractivity contribution in [1.82, 2.24) is 0 Å². The Morgan fingerprint density at radius 3 is 2.53 bits per heavy atom. The normalized spacial score (nSPS) is 12.8. The molecule has 0 aliphatic carbocycles. The highest BCUT2D eigenvalue weighted by Crippen LogP contribution is 2.36. The molecule has 0 radical (unpaired) electrons. The van der Waals surface area contributed by atoms with Crippen molar-refractivity contribution in [2.75, 3.05) is 25.9 Å². The number of ether oxygens (including phenoxy) is 3. The fraction of sp³-hybridized carbons (Fsp3) is 0.227. The van der Waals surface area contributed by atoms with Crippen LogP contribution in [0.2, 0.25) is 0 Å². The van der Waals surface area contributed by atoms with Crippen LogP contribution in [0.1, 0.15) is 31.8 Å². The first kappa shape index (κ1) is 19.5. The second kappa shape index (κ2) is 7.55. The van der Waals surface area contributed by atoms with E-state index in [4.69, 9.17) is 18.6 Å². The maximum atomic E-state index is 12.3. The van der Waals surface area contributed by atoms with Gasteiger partial charge in [0.1, 0.15) is 11.3 Å². The summed E-state index contributed by atoms with van der Waals surface area (Å²) in [5, 5.41) is 0.801. The monoisotopic (exact) mass is 409 g/mol. The third-order valence-electron chi connectivity index (χ3n) is 5.07. The highest BCUT2D eigenvalue weighted by atomic mass is 16.5. The van der Waals surface area contributed by atoms with Crippen molar-refractivity contribution in [3.8, 4) is 5.75 Å². The Balaban J connectivity index is 1.84. The third kappa shape index (κ3) is 3.26. The number of aryl methyl sites for hydroxylation is 1. The summed E-state index contributed by atoms with van der Waals surface area (Å²) in [4.78, 5) is 38.0. The van der Waals surface area contributed by atoms with E-state index < -0.39 is 17.6 Å². The summed E-state index contributed by atoms with van der Waals surface area (Å²) in [7, 11) is 2.57. The Bertz CT molecular complexity index is 1230. The number of benzene rings is 2. The van der Waals surface area contributed by atoms with Gasteiger partial charge in [0, 0.05) is 11.5 Å². The maximum Gasteiger partial charge on any atom is 0.339 e. The van der Waals surface area contributed by atoms with Crippen LogP contribution in [-0.2, 0) is 16.0 Å². The first-order chi connectivity index (χ1) is 14.4. The van der Waals surface area contributed by atoms with Gasteiger partial charge in [-0.05, 0) is 42.8 Å². The molecule has 0 amide bonds. The Kier molecular flexibility index (Phi) is 4.91. The van der Waals surface area contributed by atoms with Crippen molar-refractivity contribution in [1.29, 1.82) is 0 Å². The first-order valence-electron chi connectivity index (χ1n) is 9.17.